The molecule has 1 N–H and O–H groups in total. The molecule has 0 aromatic heterocycles. The Balaban J connectivity index is 2.08. The van der Waals surface area contributed by atoms with E-state index >= 15 is 0 Å². The molecule has 6 nitrogen and oxygen atoms in total. The van der Waals surface area contributed by atoms with Gasteiger partial charge in [-0.1, -0.05) is 42.0 Å². The maximum atomic E-state index is 13.0. The lowest BCUT2D eigenvalue weighted by molar-refractivity contribution is -0.140. The van der Waals surface area contributed by atoms with Crippen LogP contribution in [0.3, 0.4) is 0 Å². The number of carbonyl (C=O) groups is 2. The van der Waals surface area contributed by atoms with Gasteiger partial charge in [-0.05, 0) is 52.6 Å². The number of rotatable bonds is 7. The molecule has 3 rings (SSSR count). The van der Waals surface area contributed by atoms with Crippen LogP contribution < -0.4 is 4.74 Å². The summed E-state index contributed by atoms with van der Waals surface area (Å²) in [4.78, 5) is 29.4. The number of ketones is 1. The van der Waals surface area contributed by atoms with Crippen molar-refractivity contribution in [2.45, 2.75) is 32.9 Å². The average molecular weight is 423 g/mol. The molecule has 1 atom stereocenters. The maximum Gasteiger partial charge on any atom is 0.295 e. The highest BCUT2D eigenvalue weighted by Gasteiger charge is 2.45. The van der Waals surface area contributed by atoms with E-state index in [0.29, 0.717) is 24.4 Å². The number of nitrogens with zero attached hydrogens (tertiary/aromatic N) is 2. The number of aliphatic hydroxyl groups excluding tert-OH is 1. The van der Waals surface area contributed by atoms with Gasteiger partial charge in [0, 0.05) is 18.7 Å². The van der Waals surface area contributed by atoms with E-state index in [1.54, 1.807) is 17.0 Å². The van der Waals surface area contributed by atoms with Gasteiger partial charge in [-0.25, -0.2) is 0 Å². The molecule has 0 unspecified atom stereocenters. The molecular weight excluding hydrogens is 392 g/mol. The molecule has 0 aliphatic carbocycles. The zero-order chi connectivity index (χ0) is 22.7. The smallest absolute Gasteiger partial charge is 0.295 e. The second kappa shape index (κ2) is 9.35. The van der Waals surface area contributed by atoms with E-state index in [1.165, 1.54) is 0 Å². The molecule has 2 aromatic rings. The normalized spacial score (nSPS) is 18.3. The van der Waals surface area contributed by atoms with Gasteiger partial charge in [0.25, 0.3) is 11.7 Å². The molecule has 31 heavy (non-hydrogen) atoms. The molecule has 0 saturated carbocycles. The van der Waals surface area contributed by atoms with E-state index in [2.05, 4.69) is 0 Å². The molecule has 1 heterocycles. The van der Waals surface area contributed by atoms with Crippen molar-refractivity contribution in [3.8, 4) is 5.75 Å². The van der Waals surface area contributed by atoms with Crippen molar-refractivity contribution >= 4 is 17.4 Å². The molecule has 164 valence electrons. The Morgan fingerprint density at radius 2 is 1.68 bits per heavy atom. The Bertz CT molecular complexity index is 976. The van der Waals surface area contributed by atoms with E-state index in [-0.39, 0.29) is 17.4 Å². The Labute approximate surface area is 183 Å². The van der Waals surface area contributed by atoms with Crippen LogP contribution in [0.2, 0.25) is 0 Å². The summed E-state index contributed by atoms with van der Waals surface area (Å²) in [7, 11) is 3.83. The van der Waals surface area contributed by atoms with Crippen molar-refractivity contribution in [1.29, 1.82) is 0 Å². The SMILES string of the molecule is Cc1ccc(/C(O)=C2\C(=O)C(=O)N(CCN(C)C)[C@@H]2c2ccc(OC(C)C)cc2)cc1. The maximum absolute atomic E-state index is 13.0. The molecule has 1 fully saturated rings. The second-order valence-corrected chi connectivity index (χ2v) is 8.40. The van der Waals surface area contributed by atoms with E-state index in [0.717, 1.165) is 11.1 Å². The fourth-order valence-electron chi connectivity index (χ4n) is 3.63. The summed E-state index contributed by atoms with van der Waals surface area (Å²) >= 11 is 0. The van der Waals surface area contributed by atoms with Crippen molar-refractivity contribution in [3.05, 3.63) is 70.8 Å². The van der Waals surface area contributed by atoms with Crippen LogP contribution in [-0.2, 0) is 9.59 Å². The predicted octanol–water partition coefficient (Wildman–Crippen LogP) is 3.77. The van der Waals surface area contributed by atoms with E-state index in [4.69, 9.17) is 4.74 Å². The highest BCUT2D eigenvalue weighted by Crippen LogP contribution is 2.39. The third-order valence-electron chi connectivity index (χ3n) is 5.22. The van der Waals surface area contributed by atoms with Gasteiger partial charge >= 0.3 is 0 Å². The van der Waals surface area contributed by atoms with Crippen LogP contribution in [0.5, 0.6) is 5.75 Å². The molecule has 1 aliphatic rings. The van der Waals surface area contributed by atoms with Gasteiger partial charge in [-0.2, -0.15) is 0 Å². The van der Waals surface area contributed by atoms with Crippen molar-refractivity contribution < 1.29 is 19.4 Å². The lowest BCUT2D eigenvalue weighted by Gasteiger charge is -2.26. The van der Waals surface area contributed by atoms with E-state index < -0.39 is 17.7 Å². The summed E-state index contributed by atoms with van der Waals surface area (Å²) in [6.07, 6.45) is 0.0399. The van der Waals surface area contributed by atoms with Crippen LogP contribution in [-0.4, -0.2) is 59.9 Å². The van der Waals surface area contributed by atoms with Gasteiger partial charge in [-0.15, -0.1) is 0 Å². The summed E-state index contributed by atoms with van der Waals surface area (Å²) in [5.41, 5.74) is 2.43. The van der Waals surface area contributed by atoms with Crippen molar-refractivity contribution in [2.75, 3.05) is 27.2 Å². The number of likely N-dealkylation sites (tertiary alicyclic amines) is 1. The first kappa shape index (κ1) is 22.6. The summed E-state index contributed by atoms with van der Waals surface area (Å²) in [5, 5.41) is 11.0. The first-order valence-corrected chi connectivity index (χ1v) is 10.5. The van der Waals surface area contributed by atoms with Crippen molar-refractivity contribution in [1.82, 2.24) is 9.80 Å². The number of hydrogen-bond acceptors (Lipinski definition) is 5. The summed E-state index contributed by atoms with van der Waals surface area (Å²) in [6.45, 7) is 6.82. The second-order valence-electron chi connectivity index (χ2n) is 8.40. The third-order valence-corrected chi connectivity index (χ3v) is 5.22. The number of benzene rings is 2. The molecule has 1 amide bonds. The third kappa shape index (κ3) is 4.97. The molecule has 0 radical (unpaired) electrons. The number of Topliss-reactive ketones (excluding diaryl/α,β-unsaturated/α-hetero) is 1. The molecule has 2 aromatic carbocycles. The minimum atomic E-state index is -0.663. The molecule has 6 heteroatoms. The van der Waals surface area contributed by atoms with Gasteiger partial charge in [0.2, 0.25) is 0 Å². The zero-order valence-corrected chi connectivity index (χ0v) is 18.8. The molecule has 0 bridgehead atoms. The van der Waals surface area contributed by atoms with E-state index in [9.17, 15) is 14.7 Å². The Morgan fingerprint density at radius 3 is 2.23 bits per heavy atom. The zero-order valence-electron chi connectivity index (χ0n) is 18.8. The number of aliphatic hydroxyl groups is 1. The lowest BCUT2D eigenvalue weighted by atomic mass is 9.95. The molecule has 1 saturated heterocycles. The number of aryl methyl sites for hydroxylation is 1. The first-order chi connectivity index (χ1) is 14.7. The standard InChI is InChI=1S/C25H30N2O4/c1-16(2)31-20-12-10-18(11-13-20)22-21(23(28)19-8-6-17(3)7-9-19)24(29)25(30)27(22)15-14-26(4)5/h6-13,16,22,28H,14-15H2,1-5H3/b23-21+/t22-/m1/s1. The monoisotopic (exact) mass is 422 g/mol. The van der Waals surface area contributed by atoms with Crippen LogP contribution in [0.4, 0.5) is 0 Å². The fraction of sp³-hybridized carbons (Fsp3) is 0.360. The van der Waals surface area contributed by atoms with E-state index in [1.807, 2.05) is 76.2 Å². The first-order valence-electron chi connectivity index (χ1n) is 10.5. The molecule has 1 aliphatic heterocycles. The topological polar surface area (TPSA) is 70.1 Å². The fourth-order valence-corrected chi connectivity index (χ4v) is 3.63. The van der Waals surface area contributed by atoms with Crippen LogP contribution in [0.25, 0.3) is 5.76 Å². The number of hydrogen-bond donors (Lipinski definition) is 1. The number of carbonyl (C=O) groups excluding carboxylic acids is 2. The Kier molecular flexibility index (Phi) is 6.81. The van der Waals surface area contributed by atoms with Crippen LogP contribution in [0.15, 0.2) is 54.1 Å². The Morgan fingerprint density at radius 1 is 1.06 bits per heavy atom. The van der Waals surface area contributed by atoms with Crippen LogP contribution in [0.1, 0.15) is 36.6 Å². The summed E-state index contributed by atoms with van der Waals surface area (Å²) < 4.78 is 5.72. The molecular formula is C25H30N2O4. The largest absolute Gasteiger partial charge is 0.507 e. The number of ether oxygens (including phenoxy) is 1. The van der Waals surface area contributed by atoms with Gasteiger partial charge < -0.3 is 19.6 Å². The Hall–Kier alpha value is -3.12. The van der Waals surface area contributed by atoms with Gasteiger partial charge in [0.15, 0.2) is 0 Å². The highest BCUT2D eigenvalue weighted by atomic mass is 16.5. The number of likely N-dealkylation sites (N-methyl/N-ethyl adjacent to an activating group) is 1. The van der Waals surface area contributed by atoms with Crippen molar-refractivity contribution in [3.63, 3.8) is 0 Å². The predicted molar refractivity (Wildman–Crippen MR) is 121 cm³/mol. The number of amides is 1. The van der Waals surface area contributed by atoms with Gasteiger partial charge in [-0.3, -0.25) is 9.59 Å². The van der Waals surface area contributed by atoms with Gasteiger partial charge in [0.1, 0.15) is 11.5 Å². The molecule has 0 spiro atoms. The summed E-state index contributed by atoms with van der Waals surface area (Å²) in [6, 6.07) is 13.9. The quantitative estimate of drug-likeness (QED) is 0.418. The minimum Gasteiger partial charge on any atom is -0.507 e. The van der Waals surface area contributed by atoms with Crippen LogP contribution in [0, 0.1) is 6.92 Å². The minimum absolute atomic E-state index is 0.0399. The lowest BCUT2D eigenvalue weighted by Crippen LogP contribution is -2.35. The van der Waals surface area contributed by atoms with Gasteiger partial charge in [0.05, 0.1) is 17.7 Å². The van der Waals surface area contributed by atoms with Crippen molar-refractivity contribution in [2.24, 2.45) is 0 Å². The average Bonchev–Trinajstić information content (AvgIpc) is 2.97. The summed E-state index contributed by atoms with van der Waals surface area (Å²) in [5.74, 6) is -0.701. The van der Waals surface area contributed by atoms with Crippen LogP contribution >= 0.6 is 0 Å². The highest BCUT2D eigenvalue weighted by molar-refractivity contribution is 6.46.